The van der Waals surface area contributed by atoms with Crippen LogP contribution in [0.4, 0.5) is 8.78 Å². The average molecular weight is 547 g/mol. The van der Waals surface area contributed by atoms with Crippen LogP contribution in [-0.2, 0) is 13.7 Å². The lowest BCUT2D eigenvalue weighted by molar-refractivity contribution is 0.414. The first-order valence-electron chi connectivity index (χ1n) is 10.9. The molecule has 0 atom stereocenters. The van der Waals surface area contributed by atoms with Crippen molar-refractivity contribution in [3.63, 3.8) is 0 Å². The maximum Gasteiger partial charge on any atom is 0.310 e. The SMILES string of the molecule is COc1ccc(S(OS(=O)(=O)c2ccc(F)cc2F)(c2ccc(OC)cc2)c2ccc(OC)cc2)cc1. The first-order chi connectivity index (χ1) is 17.7. The van der Waals surface area contributed by atoms with Crippen molar-refractivity contribution in [1.29, 1.82) is 0 Å². The standard InChI is InChI=1S/C27H24F2O6S2/c1-32-20-5-11-23(12-6-20)36(24-13-7-21(33-2)8-14-24,25-15-9-22(34-3)10-16-25)35-37(30,31)27-17-4-19(28)18-26(27)29/h4-18H,1-3H3. The highest BCUT2D eigenvalue weighted by Gasteiger charge is 2.39. The molecule has 10 heteroatoms. The molecule has 0 aliphatic carbocycles. The molecule has 0 aliphatic heterocycles. The molecule has 6 nitrogen and oxygen atoms in total. The predicted octanol–water partition coefficient (Wildman–Crippen LogP) is 6.59. The van der Waals surface area contributed by atoms with Gasteiger partial charge in [0.25, 0.3) is 0 Å². The van der Waals surface area contributed by atoms with E-state index in [2.05, 4.69) is 0 Å². The Kier molecular flexibility index (Phi) is 7.72. The van der Waals surface area contributed by atoms with Crippen LogP contribution in [-0.4, -0.2) is 29.7 Å². The molecule has 0 aromatic heterocycles. The lowest BCUT2D eigenvalue weighted by Gasteiger charge is -2.39. The molecule has 4 aromatic rings. The minimum Gasteiger partial charge on any atom is -0.497 e. The number of ether oxygens (including phenoxy) is 3. The Balaban J connectivity index is 2.03. The van der Waals surface area contributed by atoms with Crippen molar-refractivity contribution in [2.24, 2.45) is 0 Å². The number of hydrogen-bond donors (Lipinski definition) is 0. The molecule has 0 N–H and O–H groups in total. The highest BCUT2D eigenvalue weighted by Crippen LogP contribution is 2.70. The zero-order valence-electron chi connectivity index (χ0n) is 20.2. The number of rotatable bonds is 9. The maximum atomic E-state index is 14.7. The molecular formula is C27H24F2O6S2. The maximum absolute atomic E-state index is 14.7. The molecule has 0 saturated heterocycles. The molecule has 0 amide bonds. The molecule has 0 bridgehead atoms. The zero-order chi connectivity index (χ0) is 26.6. The van der Waals surface area contributed by atoms with Crippen LogP contribution < -0.4 is 14.2 Å². The van der Waals surface area contributed by atoms with E-state index in [4.69, 9.17) is 17.8 Å². The Hall–Kier alpha value is -3.60. The molecule has 0 aliphatic rings. The number of hydrogen-bond acceptors (Lipinski definition) is 6. The summed E-state index contributed by atoms with van der Waals surface area (Å²) in [6, 6.07) is 22.5. The van der Waals surface area contributed by atoms with E-state index in [1.807, 2.05) is 0 Å². The Labute approximate surface area is 216 Å². The quantitative estimate of drug-likeness (QED) is 0.236. The Morgan fingerprint density at radius 1 is 0.568 bits per heavy atom. The summed E-state index contributed by atoms with van der Waals surface area (Å²) in [5.41, 5.74) is 0. The van der Waals surface area contributed by atoms with Gasteiger partial charge in [0.2, 0.25) is 0 Å². The van der Waals surface area contributed by atoms with Gasteiger partial charge in [-0.3, -0.25) is 0 Å². The Morgan fingerprint density at radius 2 is 0.946 bits per heavy atom. The number of halogens is 2. The fourth-order valence-corrected chi connectivity index (χ4v) is 8.90. The summed E-state index contributed by atoms with van der Waals surface area (Å²) in [6.45, 7) is 0. The van der Waals surface area contributed by atoms with Crippen molar-refractivity contribution < 1.29 is 35.0 Å². The molecule has 194 valence electrons. The Morgan fingerprint density at radius 3 is 1.27 bits per heavy atom. The molecular weight excluding hydrogens is 522 g/mol. The minimum atomic E-state index is -4.76. The Bertz CT molecular complexity index is 1360. The van der Waals surface area contributed by atoms with Gasteiger partial charge in [-0.2, -0.15) is 8.42 Å². The van der Waals surface area contributed by atoms with Gasteiger partial charge in [-0.15, -0.1) is 0 Å². The van der Waals surface area contributed by atoms with Gasteiger partial charge in [-0.05, 0) is 95.2 Å². The molecule has 0 saturated carbocycles. The third-order valence-corrected chi connectivity index (χ3v) is 10.7. The molecule has 0 heterocycles. The van der Waals surface area contributed by atoms with E-state index in [0.29, 0.717) is 38.0 Å². The van der Waals surface area contributed by atoms with Gasteiger partial charge < -0.3 is 14.2 Å². The van der Waals surface area contributed by atoms with Crippen LogP contribution in [0.3, 0.4) is 0 Å². The molecule has 0 unspecified atom stereocenters. The molecule has 4 rings (SSSR count). The first kappa shape index (κ1) is 26.5. The van der Waals surface area contributed by atoms with Crippen molar-refractivity contribution in [3.05, 3.63) is 103 Å². The van der Waals surface area contributed by atoms with Crippen LogP contribution in [0.5, 0.6) is 17.2 Å². The number of methoxy groups -OCH3 is 3. The van der Waals surface area contributed by atoms with Gasteiger partial charge >= 0.3 is 10.1 Å². The van der Waals surface area contributed by atoms with Crippen LogP contribution in [0, 0.1) is 11.6 Å². The lowest BCUT2D eigenvalue weighted by atomic mass is 10.3. The van der Waals surface area contributed by atoms with Crippen LogP contribution in [0.1, 0.15) is 0 Å². The van der Waals surface area contributed by atoms with Crippen molar-refractivity contribution >= 4 is 20.4 Å². The van der Waals surface area contributed by atoms with Crippen LogP contribution in [0.25, 0.3) is 0 Å². The van der Waals surface area contributed by atoms with Crippen LogP contribution >= 0.6 is 10.3 Å². The van der Waals surface area contributed by atoms with Crippen LogP contribution in [0.2, 0.25) is 0 Å². The summed E-state index contributed by atoms with van der Waals surface area (Å²) in [7, 11) is -3.27. The molecule has 0 spiro atoms. The normalized spacial score (nSPS) is 12.1. The van der Waals surface area contributed by atoms with E-state index in [-0.39, 0.29) is 0 Å². The molecule has 0 radical (unpaired) electrons. The monoisotopic (exact) mass is 546 g/mol. The lowest BCUT2D eigenvalue weighted by Crippen LogP contribution is -2.15. The topological polar surface area (TPSA) is 71.1 Å². The third kappa shape index (κ3) is 5.27. The van der Waals surface area contributed by atoms with E-state index in [0.717, 1.165) is 12.1 Å². The summed E-state index contributed by atoms with van der Waals surface area (Å²) >= 11 is 0. The molecule has 4 aromatic carbocycles. The van der Waals surface area contributed by atoms with Crippen molar-refractivity contribution in [1.82, 2.24) is 0 Å². The fraction of sp³-hybridized carbons (Fsp3) is 0.111. The van der Waals surface area contributed by atoms with Gasteiger partial charge in [0.05, 0.1) is 21.3 Å². The van der Waals surface area contributed by atoms with E-state index in [9.17, 15) is 17.2 Å². The van der Waals surface area contributed by atoms with Gasteiger partial charge in [0.15, 0.2) is 0 Å². The molecule has 0 fully saturated rings. The van der Waals surface area contributed by atoms with Gasteiger partial charge in [-0.1, -0.05) is 0 Å². The third-order valence-electron chi connectivity index (χ3n) is 5.53. The summed E-state index contributed by atoms with van der Waals surface area (Å²) < 4.78 is 77.5. The second kappa shape index (κ2) is 10.8. The second-order valence-electron chi connectivity index (χ2n) is 7.68. The smallest absolute Gasteiger partial charge is 0.310 e. The highest BCUT2D eigenvalue weighted by molar-refractivity contribution is 8.33. The average Bonchev–Trinajstić information content (AvgIpc) is 2.92. The predicted molar refractivity (Wildman–Crippen MR) is 136 cm³/mol. The van der Waals surface area contributed by atoms with Crippen LogP contribution in [0.15, 0.2) is 111 Å². The summed E-state index contributed by atoms with van der Waals surface area (Å²) in [5.74, 6) is -0.514. The summed E-state index contributed by atoms with van der Waals surface area (Å²) in [5, 5.41) is 0. The van der Waals surface area contributed by atoms with Crippen molar-refractivity contribution in [2.45, 2.75) is 19.6 Å². The minimum absolute atomic E-state index is 0.495. The fourth-order valence-electron chi connectivity index (χ4n) is 3.68. The largest absolute Gasteiger partial charge is 0.497 e. The first-order valence-corrected chi connectivity index (χ1v) is 13.9. The van der Waals surface area contributed by atoms with E-state index in [1.165, 1.54) is 21.3 Å². The van der Waals surface area contributed by atoms with E-state index < -0.39 is 37.0 Å². The van der Waals surface area contributed by atoms with Crippen molar-refractivity contribution in [3.8, 4) is 17.2 Å². The van der Waals surface area contributed by atoms with Gasteiger partial charge in [0, 0.05) is 20.8 Å². The second-order valence-corrected chi connectivity index (χ2v) is 12.1. The highest BCUT2D eigenvalue weighted by atomic mass is 32.3. The van der Waals surface area contributed by atoms with E-state index >= 15 is 0 Å². The summed E-state index contributed by atoms with van der Waals surface area (Å²) in [6.07, 6.45) is 0. The summed E-state index contributed by atoms with van der Waals surface area (Å²) in [4.78, 5) is 0.709. The zero-order valence-corrected chi connectivity index (χ0v) is 21.8. The van der Waals surface area contributed by atoms with Gasteiger partial charge in [0.1, 0.15) is 33.8 Å². The molecule has 37 heavy (non-hydrogen) atoms. The van der Waals surface area contributed by atoms with E-state index in [1.54, 1.807) is 72.8 Å². The van der Waals surface area contributed by atoms with Gasteiger partial charge in [-0.25, -0.2) is 12.4 Å². The number of benzene rings is 4. The van der Waals surface area contributed by atoms with Crippen molar-refractivity contribution in [2.75, 3.05) is 21.3 Å².